The van der Waals surface area contributed by atoms with Crippen molar-refractivity contribution in [3.05, 3.63) is 54.1 Å². The van der Waals surface area contributed by atoms with Gasteiger partial charge in [0.15, 0.2) is 0 Å². The molecule has 0 bridgehead atoms. The molecule has 0 aliphatic heterocycles. The molecule has 2 aromatic rings. The van der Waals surface area contributed by atoms with E-state index in [0.29, 0.717) is 12.1 Å². The first kappa shape index (κ1) is 26.1. The van der Waals surface area contributed by atoms with Crippen LogP contribution >= 0.6 is 0 Å². The predicted octanol–water partition coefficient (Wildman–Crippen LogP) is -4.47. The maximum absolute atomic E-state index is 11.3. The van der Waals surface area contributed by atoms with E-state index in [2.05, 4.69) is 0 Å². The van der Waals surface area contributed by atoms with Crippen LogP contribution < -0.4 is 64.0 Å². The Morgan fingerprint density at radius 1 is 0.846 bits per heavy atom. The molecule has 0 unspecified atom stereocenters. The van der Waals surface area contributed by atoms with Gasteiger partial charge in [-0.15, -0.1) is 0 Å². The molecule has 0 amide bonds. The molecule has 0 aromatic heterocycles. The van der Waals surface area contributed by atoms with E-state index >= 15 is 0 Å². The maximum Gasteiger partial charge on any atom is 1.00 e. The Kier molecular flexibility index (Phi) is 10.6. The van der Waals surface area contributed by atoms with Crippen molar-refractivity contribution in [3.8, 4) is 0 Å². The van der Waals surface area contributed by atoms with Gasteiger partial charge in [0.25, 0.3) is 0 Å². The van der Waals surface area contributed by atoms with E-state index in [1.54, 1.807) is 0 Å². The summed E-state index contributed by atoms with van der Waals surface area (Å²) in [6.45, 7) is 2.75. The molecule has 0 spiro atoms. The Morgan fingerprint density at radius 3 is 1.85 bits per heavy atom. The van der Waals surface area contributed by atoms with Crippen LogP contribution in [0.2, 0.25) is 0 Å². The molecule has 130 valence electrons. The van der Waals surface area contributed by atoms with Crippen LogP contribution in [0.1, 0.15) is 12.5 Å². The molecule has 2 rings (SSSR count). The Balaban J connectivity index is 0.00000312. The molecule has 0 fully saturated rings. The second-order valence-electron chi connectivity index (χ2n) is 5.04. The van der Waals surface area contributed by atoms with Gasteiger partial charge < -0.3 is 14.0 Å². The van der Waals surface area contributed by atoms with Gasteiger partial charge in [0.05, 0.1) is 9.79 Å². The number of benzene rings is 2. The Morgan fingerprint density at radius 2 is 1.38 bits per heavy atom. The molecular weight excluding hydrogens is 400 g/mol. The molecule has 0 aliphatic rings. The number of hydrogen-bond donors (Lipinski definition) is 0. The molecule has 26 heavy (non-hydrogen) atoms. The third-order valence-corrected chi connectivity index (χ3v) is 5.32. The van der Waals surface area contributed by atoms with Crippen molar-refractivity contribution in [2.24, 2.45) is 0 Å². The maximum atomic E-state index is 11.3. The van der Waals surface area contributed by atoms with Crippen LogP contribution in [0.3, 0.4) is 0 Å². The minimum absolute atomic E-state index is 0. The van der Waals surface area contributed by atoms with E-state index < -0.39 is 30.0 Å². The van der Waals surface area contributed by atoms with Gasteiger partial charge in [-0.2, -0.15) is 0 Å². The third kappa shape index (κ3) is 6.90. The Labute approximate surface area is 197 Å². The van der Waals surface area contributed by atoms with E-state index in [4.69, 9.17) is 0 Å². The minimum atomic E-state index is -5.09. The number of hydrogen-bond acceptors (Lipinski definition) is 7. The molecule has 0 atom stereocenters. The molecule has 7 nitrogen and oxygen atoms in total. The fraction of sp³-hybridized carbons (Fsp3) is 0.200. The van der Waals surface area contributed by atoms with E-state index in [-0.39, 0.29) is 65.7 Å². The van der Waals surface area contributed by atoms with Crippen molar-refractivity contribution in [1.82, 2.24) is 0 Å². The number of anilines is 1. The van der Waals surface area contributed by atoms with Gasteiger partial charge >= 0.3 is 59.1 Å². The van der Waals surface area contributed by atoms with E-state index in [9.17, 15) is 25.9 Å². The zero-order valence-corrected chi connectivity index (χ0v) is 20.4. The van der Waals surface area contributed by atoms with Gasteiger partial charge in [0, 0.05) is 18.8 Å². The molecule has 2 aromatic carbocycles. The van der Waals surface area contributed by atoms with Crippen molar-refractivity contribution in [1.29, 1.82) is 0 Å². The normalized spacial score (nSPS) is 11.2. The van der Waals surface area contributed by atoms with Gasteiger partial charge in [-0.3, -0.25) is 0 Å². The van der Waals surface area contributed by atoms with Crippen LogP contribution in [0.5, 0.6) is 0 Å². The quantitative estimate of drug-likeness (QED) is 0.345. The summed E-state index contributed by atoms with van der Waals surface area (Å²) in [5, 5.41) is 0. The molecule has 0 N–H and O–H groups in total. The predicted molar refractivity (Wildman–Crippen MR) is 85.5 cm³/mol. The summed E-state index contributed by atoms with van der Waals surface area (Å²) < 4.78 is 67.3. The topological polar surface area (TPSA) is 118 Å². The summed E-state index contributed by atoms with van der Waals surface area (Å²) in [6.07, 6.45) is 0. The van der Waals surface area contributed by atoms with Crippen LogP contribution in [0, 0.1) is 0 Å². The van der Waals surface area contributed by atoms with Crippen molar-refractivity contribution < 1.29 is 85.1 Å². The SMILES string of the molecule is CCN(Cc1ccc(S(=O)(=O)[O-])c(S(=O)(=O)[O-])c1)c1ccccc1.[Na+].[Na+]. The van der Waals surface area contributed by atoms with Crippen LogP contribution in [0.15, 0.2) is 58.3 Å². The second kappa shape index (κ2) is 10.6. The Bertz CT molecular complexity index is 934. The summed E-state index contributed by atoms with van der Waals surface area (Å²) in [5.41, 5.74) is 1.29. The van der Waals surface area contributed by atoms with Crippen molar-refractivity contribution in [2.45, 2.75) is 23.3 Å². The van der Waals surface area contributed by atoms with Gasteiger partial charge in [-0.25, -0.2) is 16.8 Å². The molecule has 11 heteroatoms. The zero-order valence-electron chi connectivity index (χ0n) is 14.7. The zero-order chi connectivity index (χ0) is 18.0. The fourth-order valence-corrected chi connectivity index (χ4v) is 4.06. The third-order valence-electron chi connectivity index (χ3n) is 3.42. The van der Waals surface area contributed by atoms with Crippen molar-refractivity contribution in [2.75, 3.05) is 11.4 Å². The van der Waals surface area contributed by atoms with Crippen LogP contribution in [0.25, 0.3) is 0 Å². The number of para-hydroxylation sites is 1. The first-order chi connectivity index (χ1) is 11.1. The van der Waals surface area contributed by atoms with Gasteiger partial charge in [-0.05, 0) is 36.8 Å². The first-order valence-corrected chi connectivity index (χ1v) is 9.79. The smallest absolute Gasteiger partial charge is 0.744 e. The van der Waals surface area contributed by atoms with Gasteiger partial charge in [-0.1, -0.05) is 24.3 Å². The summed E-state index contributed by atoms with van der Waals surface area (Å²) in [6, 6.07) is 12.4. The van der Waals surface area contributed by atoms with Crippen LogP contribution in [0.4, 0.5) is 5.69 Å². The van der Waals surface area contributed by atoms with E-state index in [1.165, 1.54) is 6.07 Å². The molecule has 0 radical (unpaired) electrons. The van der Waals surface area contributed by atoms with Gasteiger partial charge in [0.1, 0.15) is 20.2 Å². The second-order valence-corrected chi connectivity index (χ2v) is 7.74. The van der Waals surface area contributed by atoms with Crippen LogP contribution in [-0.4, -0.2) is 32.5 Å². The van der Waals surface area contributed by atoms with E-state index in [0.717, 1.165) is 17.8 Å². The summed E-state index contributed by atoms with van der Waals surface area (Å²) >= 11 is 0. The summed E-state index contributed by atoms with van der Waals surface area (Å²) in [5.74, 6) is 0. The van der Waals surface area contributed by atoms with Crippen LogP contribution in [-0.2, 0) is 26.8 Å². The molecule has 0 saturated carbocycles. The minimum Gasteiger partial charge on any atom is -0.744 e. The first-order valence-electron chi connectivity index (χ1n) is 6.97. The largest absolute Gasteiger partial charge is 1.00 e. The van der Waals surface area contributed by atoms with E-state index in [1.807, 2.05) is 42.2 Å². The molecule has 0 saturated heterocycles. The monoisotopic (exact) mass is 415 g/mol. The average molecular weight is 415 g/mol. The number of rotatable bonds is 6. The average Bonchev–Trinajstić information content (AvgIpc) is 2.51. The number of nitrogens with zero attached hydrogens (tertiary/aromatic N) is 1. The summed E-state index contributed by atoms with van der Waals surface area (Å²) in [7, 11) is -10.2. The fourth-order valence-electron chi connectivity index (χ4n) is 2.30. The van der Waals surface area contributed by atoms with Crippen molar-refractivity contribution in [3.63, 3.8) is 0 Å². The van der Waals surface area contributed by atoms with Gasteiger partial charge in [0.2, 0.25) is 0 Å². The molecule has 0 heterocycles. The Hall–Kier alpha value is 0.0600. The molecular formula is C15H15NNa2O6S2. The summed E-state index contributed by atoms with van der Waals surface area (Å²) in [4.78, 5) is -0.134. The van der Waals surface area contributed by atoms with Crippen molar-refractivity contribution >= 4 is 25.9 Å². The standard InChI is InChI=1S/C15H17NO6S2.2Na/c1-2-16(13-6-4-3-5-7-13)11-12-8-9-14(23(17,18)19)15(10-12)24(20,21)22;;/h3-10H,2,11H2,1H3,(H,17,18,19)(H,20,21,22);;/q;2*+1/p-2. The molecule has 0 aliphatic carbocycles.